The third kappa shape index (κ3) is 3.79. The highest BCUT2D eigenvalue weighted by Gasteiger charge is 2.22. The number of hydrogen-bond donors (Lipinski definition) is 0. The zero-order valence-corrected chi connectivity index (χ0v) is 14.7. The first-order valence-corrected chi connectivity index (χ1v) is 8.39. The zero-order chi connectivity index (χ0) is 18.5. The maximum atomic E-state index is 12.3. The van der Waals surface area contributed by atoms with Crippen LogP contribution in [-0.2, 0) is 11.2 Å². The second kappa shape index (κ2) is 7.91. The molecular formula is C20H20O6. The molecule has 0 N–H and O–H groups in total. The Hall–Kier alpha value is -3.02. The molecule has 0 radical (unpaired) electrons. The van der Waals surface area contributed by atoms with Crippen molar-refractivity contribution in [2.75, 3.05) is 26.9 Å². The monoisotopic (exact) mass is 356 g/mol. The van der Waals surface area contributed by atoms with Crippen LogP contribution in [0, 0.1) is 0 Å². The average Bonchev–Trinajstić information content (AvgIpc) is 2.70. The standard InChI is InChI=1S/C20H20O6/c1-3-13-4-6-14(7-5-13)16(21)12-26-20(22)15-10-17(23-2)19-18(11-15)24-8-9-25-19/h4-7,10-11H,3,8-9,12H2,1-2H3. The van der Waals surface area contributed by atoms with E-state index in [1.54, 1.807) is 12.1 Å². The third-order valence-electron chi connectivity index (χ3n) is 4.08. The molecule has 2 aromatic rings. The fraction of sp³-hybridized carbons (Fsp3) is 0.300. The molecule has 0 saturated heterocycles. The van der Waals surface area contributed by atoms with Crippen molar-refractivity contribution in [3.8, 4) is 17.2 Å². The lowest BCUT2D eigenvalue weighted by Gasteiger charge is -2.21. The minimum atomic E-state index is -0.626. The maximum absolute atomic E-state index is 12.3. The summed E-state index contributed by atoms with van der Waals surface area (Å²) >= 11 is 0. The van der Waals surface area contributed by atoms with Gasteiger partial charge in [-0.3, -0.25) is 4.79 Å². The van der Waals surface area contributed by atoms with Crippen LogP contribution in [-0.4, -0.2) is 38.7 Å². The predicted molar refractivity (Wildman–Crippen MR) is 94.4 cm³/mol. The second-order valence-electron chi connectivity index (χ2n) is 5.75. The van der Waals surface area contributed by atoms with Crippen molar-refractivity contribution in [2.45, 2.75) is 13.3 Å². The summed E-state index contributed by atoms with van der Waals surface area (Å²) in [5.41, 5.74) is 1.89. The average molecular weight is 356 g/mol. The Labute approximate surface area is 151 Å². The van der Waals surface area contributed by atoms with Crippen molar-refractivity contribution in [1.82, 2.24) is 0 Å². The Morgan fingerprint density at radius 3 is 2.46 bits per heavy atom. The van der Waals surface area contributed by atoms with Gasteiger partial charge in [0.1, 0.15) is 13.2 Å². The van der Waals surface area contributed by atoms with Crippen LogP contribution >= 0.6 is 0 Å². The van der Waals surface area contributed by atoms with Gasteiger partial charge in [0.05, 0.1) is 12.7 Å². The highest BCUT2D eigenvalue weighted by Crippen LogP contribution is 2.40. The molecule has 0 amide bonds. The van der Waals surface area contributed by atoms with E-state index in [-0.39, 0.29) is 18.0 Å². The van der Waals surface area contributed by atoms with E-state index in [0.29, 0.717) is 36.0 Å². The maximum Gasteiger partial charge on any atom is 0.338 e. The first-order chi connectivity index (χ1) is 12.6. The predicted octanol–water partition coefficient (Wildman–Crippen LogP) is 3.07. The molecule has 1 heterocycles. The Bertz CT molecular complexity index is 793. The van der Waals surface area contributed by atoms with E-state index < -0.39 is 5.97 Å². The molecular weight excluding hydrogens is 336 g/mol. The second-order valence-corrected chi connectivity index (χ2v) is 5.75. The molecule has 26 heavy (non-hydrogen) atoms. The topological polar surface area (TPSA) is 71.1 Å². The molecule has 0 fully saturated rings. The Morgan fingerprint density at radius 2 is 1.77 bits per heavy atom. The molecule has 1 aliphatic heterocycles. The molecule has 1 aliphatic rings. The smallest absolute Gasteiger partial charge is 0.338 e. The minimum absolute atomic E-state index is 0.236. The molecule has 0 spiro atoms. The van der Waals surface area contributed by atoms with Crippen molar-refractivity contribution in [1.29, 1.82) is 0 Å². The number of esters is 1. The molecule has 3 rings (SSSR count). The number of hydrogen-bond acceptors (Lipinski definition) is 6. The van der Waals surface area contributed by atoms with Crippen molar-refractivity contribution < 1.29 is 28.5 Å². The number of carbonyl (C=O) groups is 2. The summed E-state index contributed by atoms with van der Waals surface area (Å²) < 4.78 is 21.4. The van der Waals surface area contributed by atoms with Crippen molar-refractivity contribution in [3.63, 3.8) is 0 Å². The lowest BCUT2D eigenvalue weighted by molar-refractivity contribution is 0.0473. The summed E-state index contributed by atoms with van der Waals surface area (Å²) in [7, 11) is 1.48. The number of aryl methyl sites for hydroxylation is 1. The number of ether oxygens (including phenoxy) is 4. The molecule has 6 heteroatoms. The fourth-order valence-electron chi connectivity index (χ4n) is 2.62. The minimum Gasteiger partial charge on any atom is -0.493 e. The van der Waals surface area contributed by atoms with Crippen LogP contribution in [0.4, 0.5) is 0 Å². The van der Waals surface area contributed by atoms with Crippen molar-refractivity contribution >= 4 is 11.8 Å². The van der Waals surface area contributed by atoms with Crippen LogP contribution in [0.5, 0.6) is 17.2 Å². The van der Waals surface area contributed by atoms with Crippen LogP contribution in [0.15, 0.2) is 36.4 Å². The van der Waals surface area contributed by atoms with Gasteiger partial charge in [-0.15, -0.1) is 0 Å². The molecule has 136 valence electrons. The van der Waals surface area contributed by atoms with E-state index in [1.807, 2.05) is 19.1 Å². The largest absolute Gasteiger partial charge is 0.493 e. The number of ketones is 1. The number of Topliss-reactive ketones (excluding diaryl/α,β-unsaturated/α-hetero) is 1. The first-order valence-electron chi connectivity index (χ1n) is 8.39. The highest BCUT2D eigenvalue weighted by atomic mass is 16.6. The van der Waals surface area contributed by atoms with E-state index in [0.717, 1.165) is 12.0 Å². The van der Waals surface area contributed by atoms with Crippen LogP contribution in [0.25, 0.3) is 0 Å². The Kier molecular flexibility index (Phi) is 5.41. The van der Waals surface area contributed by atoms with Gasteiger partial charge in [-0.05, 0) is 24.1 Å². The SMILES string of the molecule is CCc1ccc(C(=O)COC(=O)c2cc(OC)c3c(c2)OCCO3)cc1. The molecule has 6 nitrogen and oxygen atoms in total. The van der Waals surface area contributed by atoms with Gasteiger partial charge in [0.25, 0.3) is 0 Å². The van der Waals surface area contributed by atoms with Gasteiger partial charge in [-0.25, -0.2) is 4.79 Å². The van der Waals surface area contributed by atoms with Crippen LogP contribution in [0.3, 0.4) is 0 Å². The summed E-state index contributed by atoms with van der Waals surface area (Å²) in [6.07, 6.45) is 0.898. The lowest BCUT2D eigenvalue weighted by atomic mass is 10.1. The number of fused-ring (bicyclic) bond motifs is 1. The number of benzene rings is 2. The summed E-state index contributed by atoms with van der Waals surface area (Å²) in [6.45, 7) is 2.51. The number of carbonyl (C=O) groups excluding carboxylic acids is 2. The molecule has 0 unspecified atom stereocenters. The van der Waals surface area contributed by atoms with Crippen molar-refractivity contribution in [3.05, 3.63) is 53.1 Å². The van der Waals surface area contributed by atoms with Gasteiger partial charge in [0.15, 0.2) is 23.9 Å². The molecule has 2 aromatic carbocycles. The zero-order valence-electron chi connectivity index (χ0n) is 14.7. The van der Waals surface area contributed by atoms with E-state index in [9.17, 15) is 9.59 Å². The molecule has 0 saturated carbocycles. The van der Waals surface area contributed by atoms with E-state index in [4.69, 9.17) is 18.9 Å². The van der Waals surface area contributed by atoms with Crippen LogP contribution in [0.2, 0.25) is 0 Å². The van der Waals surface area contributed by atoms with Crippen LogP contribution < -0.4 is 14.2 Å². The molecule has 0 aliphatic carbocycles. The van der Waals surface area contributed by atoms with Crippen molar-refractivity contribution in [2.24, 2.45) is 0 Å². The Balaban J connectivity index is 1.68. The van der Waals surface area contributed by atoms with E-state index in [2.05, 4.69) is 0 Å². The normalized spacial score (nSPS) is 12.4. The summed E-state index contributed by atoms with van der Waals surface area (Å²) in [6, 6.07) is 10.3. The fourth-order valence-corrected chi connectivity index (χ4v) is 2.62. The lowest BCUT2D eigenvalue weighted by Crippen LogP contribution is -2.18. The van der Waals surface area contributed by atoms with Gasteiger partial charge in [-0.1, -0.05) is 31.2 Å². The Morgan fingerprint density at radius 1 is 1.04 bits per heavy atom. The van der Waals surface area contributed by atoms with Gasteiger partial charge in [0.2, 0.25) is 5.75 Å². The molecule has 0 atom stereocenters. The van der Waals surface area contributed by atoms with E-state index in [1.165, 1.54) is 19.2 Å². The van der Waals surface area contributed by atoms with E-state index >= 15 is 0 Å². The first kappa shape index (κ1) is 17.8. The highest BCUT2D eigenvalue weighted by molar-refractivity contribution is 5.99. The van der Waals surface area contributed by atoms with Crippen LogP contribution in [0.1, 0.15) is 33.2 Å². The quantitative estimate of drug-likeness (QED) is 0.585. The van der Waals surface area contributed by atoms with Gasteiger partial charge in [-0.2, -0.15) is 0 Å². The van der Waals surface area contributed by atoms with Gasteiger partial charge < -0.3 is 18.9 Å². The summed E-state index contributed by atoms with van der Waals surface area (Å²) in [5.74, 6) is 0.381. The van der Waals surface area contributed by atoms with Gasteiger partial charge >= 0.3 is 5.97 Å². The summed E-state index contributed by atoms with van der Waals surface area (Å²) in [5, 5.41) is 0. The number of rotatable bonds is 6. The molecule has 0 bridgehead atoms. The summed E-state index contributed by atoms with van der Waals surface area (Å²) in [4.78, 5) is 24.5. The third-order valence-corrected chi connectivity index (χ3v) is 4.08. The van der Waals surface area contributed by atoms with Gasteiger partial charge in [0, 0.05) is 5.56 Å². The number of methoxy groups -OCH3 is 1. The molecule has 0 aromatic heterocycles.